The molecule has 0 radical (unpaired) electrons. The van der Waals surface area contributed by atoms with E-state index in [9.17, 15) is 4.79 Å². The third-order valence-corrected chi connectivity index (χ3v) is 4.60. The number of hydrogen-bond acceptors (Lipinski definition) is 2. The quantitative estimate of drug-likeness (QED) is 0.503. The Kier molecular flexibility index (Phi) is 5.70. The molecular weight excluding hydrogens is 369 g/mol. The molecule has 0 fully saturated rings. The summed E-state index contributed by atoms with van der Waals surface area (Å²) in [5.74, 6) is -0.340. The molecule has 3 nitrogen and oxygen atoms in total. The molecule has 2 aromatic carbocycles. The van der Waals surface area contributed by atoms with Crippen molar-refractivity contribution in [2.24, 2.45) is 0 Å². The highest BCUT2D eigenvalue weighted by atomic mass is 35.5. The van der Waals surface area contributed by atoms with Gasteiger partial charge in [0.25, 0.3) is 0 Å². The molecule has 0 unspecified atom stereocenters. The van der Waals surface area contributed by atoms with Crippen LogP contribution in [0.2, 0.25) is 10.0 Å². The molecule has 0 aliphatic carbocycles. The summed E-state index contributed by atoms with van der Waals surface area (Å²) >= 11 is 12.1. The van der Waals surface area contributed by atoms with E-state index in [2.05, 4.69) is 0 Å². The summed E-state index contributed by atoms with van der Waals surface area (Å²) in [5, 5.41) is 1.32. The van der Waals surface area contributed by atoms with Gasteiger partial charge in [-0.2, -0.15) is 0 Å². The summed E-state index contributed by atoms with van der Waals surface area (Å²) in [6.45, 7) is 4.64. The average Bonchev–Trinajstić information content (AvgIpc) is 2.92. The topological polar surface area (TPSA) is 31.2 Å². The molecule has 0 saturated heterocycles. The lowest BCUT2D eigenvalue weighted by atomic mass is 10.0. The largest absolute Gasteiger partial charge is 0.461 e. The minimum Gasteiger partial charge on any atom is -0.461 e. The number of nitrogens with zero attached hydrogens (tertiary/aromatic N) is 1. The van der Waals surface area contributed by atoms with E-state index in [1.54, 1.807) is 6.92 Å². The summed E-state index contributed by atoms with van der Waals surface area (Å²) in [5.41, 5.74) is 4.34. The number of aryl methyl sites for hydroxylation is 1. The van der Waals surface area contributed by atoms with Crippen molar-refractivity contribution in [1.82, 2.24) is 4.57 Å². The van der Waals surface area contributed by atoms with Crippen molar-refractivity contribution in [3.63, 3.8) is 0 Å². The highest BCUT2D eigenvalue weighted by Crippen LogP contribution is 2.31. The second-order valence-electron chi connectivity index (χ2n) is 6.02. The number of hydrogen-bond donors (Lipinski definition) is 0. The van der Waals surface area contributed by atoms with Crippen molar-refractivity contribution in [3.05, 3.63) is 81.6 Å². The summed E-state index contributed by atoms with van der Waals surface area (Å²) < 4.78 is 7.24. The van der Waals surface area contributed by atoms with Crippen LogP contribution in [0.1, 0.15) is 28.5 Å². The number of carbonyl (C=O) groups excluding carboxylic acids is 1. The lowest BCUT2D eigenvalue weighted by Crippen LogP contribution is -2.13. The first kappa shape index (κ1) is 18.6. The normalized spacial score (nSPS) is 10.8. The van der Waals surface area contributed by atoms with Gasteiger partial charge in [0, 0.05) is 28.4 Å². The van der Waals surface area contributed by atoms with Crippen LogP contribution in [-0.2, 0) is 11.3 Å². The maximum absolute atomic E-state index is 12.7. The number of halogens is 2. The molecule has 1 heterocycles. The van der Waals surface area contributed by atoms with Crippen molar-refractivity contribution in [2.45, 2.75) is 20.4 Å². The van der Waals surface area contributed by atoms with Gasteiger partial charge in [0.1, 0.15) is 5.69 Å². The fourth-order valence-corrected chi connectivity index (χ4v) is 3.39. The van der Waals surface area contributed by atoms with Crippen LogP contribution in [0.25, 0.3) is 11.1 Å². The number of esters is 1. The van der Waals surface area contributed by atoms with Crippen molar-refractivity contribution in [3.8, 4) is 11.1 Å². The Hall–Kier alpha value is -2.23. The molecule has 26 heavy (non-hydrogen) atoms. The molecule has 0 atom stereocenters. The number of benzene rings is 2. The first-order valence-corrected chi connectivity index (χ1v) is 9.12. The van der Waals surface area contributed by atoms with Crippen molar-refractivity contribution >= 4 is 29.2 Å². The molecular formula is C21H19Cl2NO2. The first-order chi connectivity index (χ1) is 12.5. The van der Waals surface area contributed by atoms with E-state index in [-0.39, 0.29) is 5.97 Å². The minimum atomic E-state index is -0.340. The molecule has 5 heteroatoms. The Labute approximate surface area is 163 Å². The van der Waals surface area contributed by atoms with Crippen molar-refractivity contribution in [2.75, 3.05) is 6.61 Å². The highest BCUT2D eigenvalue weighted by Gasteiger charge is 2.22. The van der Waals surface area contributed by atoms with Gasteiger partial charge in [0.2, 0.25) is 0 Å². The molecule has 0 aliphatic heterocycles. The van der Waals surface area contributed by atoms with E-state index in [1.165, 1.54) is 0 Å². The predicted molar refractivity (Wildman–Crippen MR) is 106 cm³/mol. The zero-order valence-electron chi connectivity index (χ0n) is 14.6. The van der Waals surface area contributed by atoms with Crippen molar-refractivity contribution in [1.29, 1.82) is 0 Å². The molecule has 0 spiro atoms. The molecule has 0 saturated carbocycles. The van der Waals surface area contributed by atoms with E-state index < -0.39 is 0 Å². The summed E-state index contributed by atoms with van der Waals surface area (Å²) in [6.07, 6.45) is 1.97. The molecule has 0 bridgehead atoms. The van der Waals surface area contributed by atoms with Gasteiger partial charge in [-0.1, -0.05) is 47.5 Å². The third kappa shape index (κ3) is 3.95. The van der Waals surface area contributed by atoms with Crippen LogP contribution in [0.3, 0.4) is 0 Å². The van der Waals surface area contributed by atoms with Gasteiger partial charge in [-0.3, -0.25) is 0 Å². The van der Waals surface area contributed by atoms with E-state index in [1.807, 2.05) is 66.2 Å². The SMILES string of the molecule is CCOC(=O)c1c(-c2ccc(Cl)cc2)c(C)cn1Cc1cccc(Cl)c1. The fraction of sp³-hybridized carbons (Fsp3) is 0.190. The third-order valence-electron chi connectivity index (χ3n) is 4.11. The molecule has 3 aromatic rings. The Morgan fingerprint density at radius 3 is 2.46 bits per heavy atom. The zero-order valence-corrected chi connectivity index (χ0v) is 16.1. The molecule has 3 rings (SSSR count). The lowest BCUT2D eigenvalue weighted by molar-refractivity contribution is 0.0515. The average molecular weight is 388 g/mol. The standard InChI is InChI=1S/C21H19Cl2NO2/c1-3-26-21(25)20-19(16-7-9-17(22)10-8-16)14(2)12-24(20)13-15-5-4-6-18(23)11-15/h4-12H,3,13H2,1-2H3. The molecule has 134 valence electrons. The number of carbonyl (C=O) groups is 1. The van der Waals surface area contributed by atoms with Crippen LogP contribution < -0.4 is 0 Å². The Morgan fingerprint density at radius 1 is 1.08 bits per heavy atom. The lowest BCUT2D eigenvalue weighted by Gasteiger charge is -2.11. The van der Waals surface area contributed by atoms with E-state index >= 15 is 0 Å². The Bertz CT molecular complexity index is 930. The monoisotopic (exact) mass is 387 g/mol. The zero-order chi connectivity index (χ0) is 18.7. The Balaban J connectivity index is 2.11. The number of rotatable bonds is 5. The second-order valence-corrected chi connectivity index (χ2v) is 6.89. The van der Waals surface area contributed by atoms with Gasteiger partial charge < -0.3 is 9.30 Å². The molecule has 1 aromatic heterocycles. The number of ether oxygens (including phenoxy) is 1. The van der Waals surface area contributed by atoms with Crippen LogP contribution in [0.15, 0.2) is 54.7 Å². The number of aromatic nitrogens is 1. The summed E-state index contributed by atoms with van der Waals surface area (Å²) in [4.78, 5) is 12.7. The molecule has 0 aliphatic rings. The molecule has 0 N–H and O–H groups in total. The first-order valence-electron chi connectivity index (χ1n) is 8.36. The highest BCUT2D eigenvalue weighted by molar-refractivity contribution is 6.30. The smallest absolute Gasteiger partial charge is 0.355 e. The predicted octanol–water partition coefficient (Wildman–Crippen LogP) is 6.00. The van der Waals surface area contributed by atoms with Gasteiger partial charge in [-0.15, -0.1) is 0 Å². The van der Waals surface area contributed by atoms with Crippen LogP contribution in [0.5, 0.6) is 0 Å². The minimum absolute atomic E-state index is 0.320. The van der Waals surface area contributed by atoms with Crippen LogP contribution in [0.4, 0.5) is 0 Å². The van der Waals surface area contributed by atoms with Gasteiger partial charge in [0.15, 0.2) is 0 Å². The Morgan fingerprint density at radius 2 is 1.81 bits per heavy atom. The van der Waals surface area contributed by atoms with Gasteiger partial charge in [-0.25, -0.2) is 4.79 Å². The summed E-state index contributed by atoms with van der Waals surface area (Å²) in [6, 6.07) is 15.1. The van der Waals surface area contributed by atoms with Crippen LogP contribution in [0, 0.1) is 6.92 Å². The second kappa shape index (κ2) is 7.98. The maximum Gasteiger partial charge on any atom is 0.355 e. The maximum atomic E-state index is 12.7. The van der Waals surface area contributed by atoms with E-state index in [4.69, 9.17) is 27.9 Å². The van der Waals surface area contributed by atoms with Crippen molar-refractivity contribution < 1.29 is 9.53 Å². The van der Waals surface area contributed by atoms with Gasteiger partial charge in [0.05, 0.1) is 6.61 Å². The van der Waals surface area contributed by atoms with E-state index in [0.29, 0.717) is 28.9 Å². The van der Waals surface area contributed by atoms with Crippen LogP contribution in [-0.4, -0.2) is 17.1 Å². The van der Waals surface area contributed by atoms with Gasteiger partial charge in [-0.05, 0) is 54.8 Å². The van der Waals surface area contributed by atoms with E-state index in [0.717, 1.165) is 22.3 Å². The molecule has 0 amide bonds. The summed E-state index contributed by atoms with van der Waals surface area (Å²) in [7, 11) is 0. The fourth-order valence-electron chi connectivity index (χ4n) is 3.05. The van der Waals surface area contributed by atoms with Crippen LogP contribution >= 0.6 is 23.2 Å². The van der Waals surface area contributed by atoms with Gasteiger partial charge >= 0.3 is 5.97 Å².